The predicted molar refractivity (Wildman–Crippen MR) is 58.1 cm³/mol. The highest BCUT2D eigenvalue weighted by Gasteiger charge is 2.14. The lowest BCUT2D eigenvalue weighted by Crippen LogP contribution is -2.42. The van der Waals surface area contributed by atoms with Gasteiger partial charge in [0.05, 0.1) is 0 Å². The van der Waals surface area contributed by atoms with Crippen LogP contribution in [0, 0.1) is 5.92 Å². The van der Waals surface area contributed by atoms with Gasteiger partial charge >= 0.3 is 0 Å². The van der Waals surface area contributed by atoms with Crippen molar-refractivity contribution < 1.29 is 4.79 Å². The SMILES string of the molecule is CC(C)CCC(=O)NC1CCNCC1. The van der Waals surface area contributed by atoms with E-state index in [2.05, 4.69) is 24.5 Å². The number of carbonyl (C=O) groups is 1. The van der Waals surface area contributed by atoms with Crippen molar-refractivity contribution in [2.45, 2.75) is 45.6 Å². The normalized spacial score (nSPS) is 18.5. The smallest absolute Gasteiger partial charge is 0.220 e. The Balaban J connectivity index is 2.12. The van der Waals surface area contributed by atoms with Gasteiger partial charge in [0, 0.05) is 12.5 Å². The summed E-state index contributed by atoms with van der Waals surface area (Å²) in [5.74, 6) is 0.847. The van der Waals surface area contributed by atoms with Crippen LogP contribution < -0.4 is 10.6 Å². The van der Waals surface area contributed by atoms with Crippen LogP contribution in [0.1, 0.15) is 39.5 Å². The lowest BCUT2D eigenvalue weighted by molar-refractivity contribution is -0.122. The maximum Gasteiger partial charge on any atom is 0.220 e. The molecule has 0 atom stereocenters. The number of hydrogen-bond acceptors (Lipinski definition) is 2. The summed E-state index contributed by atoms with van der Waals surface area (Å²) in [6.45, 7) is 6.37. The second-order valence-electron chi connectivity index (χ2n) is 4.52. The van der Waals surface area contributed by atoms with E-state index < -0.39 is 0 Å². The minimum absolute atomic E-state index is 0.227. The van der Waals surface area contributed by atoms with Crippen molar-refractivity contribution in [3.05, 3.63) is 0 Å². The molecule has 1 aliphatic rings. The van der Waals surface area contributed by atoms with E-state index in [1.165, 1.54) is 0 Å². The number of carbonyl (C=O) groups excluding carboxylic acids is 1. The average Bonchev–Trinajstić information content (AvgIpc) is 2.16. The summed E-state index contributed by atoms with van der Waals surface area (Å²) in [4.78, 5) is 11.5. The lowest BCUT2D eigenvalue weighted by atomic mass is 10.1. The molecule has 3 nitrogen and oxygen atoms in total. The van der Waals surface area contributed by atoms with Crippen molar-refractivity contribution in [1.29, 1.82) is 0 Å². The topological polar surface area (TPSA) is 41.1 Å². The van der Waals surface area contributed by atoms with Gasteiger partial charge in [-0.2, -0.15) is 0 Å². The first-order valence-electron chi connectivity index (χ1n) is 5.68. The van der Waals surface area contributed by atoms with Crippen LogP contribution in [-0.4, -0.2) is 25.0 Å². The second-order valence-corrected chi connectivity index (χ2v) is 4.52. The molecule has 0 aromatic carbocycles. The zero-order chi connectivity index (χ0) is 10.4. The van der Waals surface area contributed by atoms with Gasteiger partial charge in [0.25, 0.3) is 0 Å². The third-order valence-electron chi connectivity index (χ3n) is 2.65. The minimum Gasteiger partial charge on any atom is -0.353 e. The minimum atomic E-state index is 0.227. The summed E-state index contributed by atoms with van der Waals surface area (Å²) >= 11 is 0. The van der Waals surface area contributed by atoms with Gasteiger partial charge in [0.2, 0.25) is 5.91 Å². The second kappa shape index (κ2) is 6.02. The number of rotatable bonds is 4. The van der Waals surface area contributed by atoms with E-state index in [4.69, 9.17) is 0 Å². The van der Waals surface area contributed by atoms with Crippen LogP contribution in [0.15, 0.2) is 0 Å². The van der Waals surface area contributed by atoms with Crippen molar-refractivity contribution in [2.75, 3.05) is 13.1 Å². The Morgan fingerprint density at radius 3 is 2.64 bits per heavy atom. The number of piperidine rings is 1. The fourth-order valence-electron chi connectivity index (χ4n) is 1.69. The van der Waals surface area contributed by atoms with Crippen molar-refractivity contribution in [1.82, 2.24) is 10.6 Å². The van der Waals surface area contributed by atoms with Gasteiger partial charge < -0.3 is 10.6 Å². The molecule has 82 valence electrons. The van der Waals surface area contributed by atoms with E-state index in [-0.39, 0.29) is 5.91 Å². The first-order valence-corrected chi connectivity index (χ1v) is 5.68. The van der Waals surface area contributed by atoms with Crippen LogP contribution in [0.2, 0.25) is 0 Å². The third-order valence-corrected chi connectivity index (χ3v) is 2.65. The first-order chi connectivity index (χ1) is 6.68. The molecule has 1 amide bonds. The summed E-state index contributed by atoms with van der Waals surface area (Å²) in [5.41, 5.74) is 0. The molecule has 0 aromatic rings. The molecule has 1 heterocycles. The quantitative estimate of drug-likeness (QED) is 0.714. The van der Waals surface area contributed by atoms with Gasteiger partial charge in [-0.15, -0.1) is 0 Å². The highest BCUT2D eigenvalue weighted by atomic mass is 16.1. The van der Waals surface area contributed by atoms with Crippen LogP contribution >= 0.6 is 0 Å². The van der Waals surface area contributed by atoms with Gasteiger partial charge in [-0.25, -0.2) is 0 Å². The summed E-state index contributed by atoms with van der Waals surface area (Å²) in [6.07, 6.45) is 3.83. The number of amides is 1. The molecule has 14 heavy (non-hydrogen) atoms. The standard InChI is InChI=1S/C11H22N2O/c1-9(2)3-4-11(14)13-10-5-7-12-8-6-10/h9-10,12H,3-8H2,1-2H3,(H,13,14). The van der Waals surface area contributed by atoms with Crippen LogP contribution in [0.5, 0.6) is 0 Å². The molecule has 0 aliphatic carbocycles. The van der Waals surface area contributed by atoms with E-state index in [1.54, 1.807) is 0 Å². The van der Waals surface area contributed by atoms with Gasteiger partial charge in [-0.05, 0) is 38.3 Å². The monoisotopic (exact) mass is 198 g/mol. The Morgan fingerprint density at radius 1 is 1.43 bits per heavy atom. The fourth-order valence-corrected chi connectivity index (χ4v) is 1.69. The van der Waals surface area contributed by atoms with E-state index in [9.17, 15) is 4.79 Å². The molecule has 1 aliphatic heterocycles. The summed E-state index contributed by atoms with van der Waals surface area (Å²) < 4.78 is 0. The number of hydrogen-bond donors (Lipinski definition) is 2. The van der Waals surface area contributed by atoms with Crippen LogP contribution in [-0.2, 0) is 4.79 Å². The van der Waals surface area contributed by atoms with Crippen molar-refractivity contribution >= 4 is 5.91 Å². The Morgan fingerprint density at radius 2 is 2.07 bits per heavy atom. The van der Waals surface area contributed by atoms with E-state index in [0.29, 0.717) is 18.4 Å². The van der Waals surface area contributed by atoms with Gasteiger partial charge in [-0.1, -0.05) is 13.8 Å². The van der Waals surface area contributed by atoms with Crippen LogP contribution in [0.3, 0.4) is 0 Å². The van der Waals surface area contributed by atoms with E-state index in [1.807, 2.05) is 0 Å². The molecule has 3 heteroatoms. The Bertz CT molecular complexity index is 174. The molecule has 1 saturated heterocycles. The zero-order valence-electron chi connectivity index (χ0n) is 9.31. The molecule has 0 saturated carbocycles. The van der Waals surface area contributed by atoms with Crippen LogP contribution in [0.25, 0.3) is 0 Å². The van der Waals surface area contributed by atoms with E-state index >= 15 is 0 Å². The van der Waals surface area contributed by atoms with Gasteiger partial charge in [-0.3, -0.25) is 4.79 Å². The third kappa shape index (κ3) is 4.61. The summed E-state index contributed by atoms with van der Waals surface area (Å²) in [7, 11) is 0. The highest BCUT2D eigenvalue weighted by molar-refractivity contribution is 5.76. The molecular weight excluding hydrogens is 176 g/mol. The zero-order valence-corrected chi connectivity index (χ0v) is 9.31. The highest BCUT2D eigenvalue weighted by Crippen LogP contribution is 2.06. The molecule has 0 aromatic heterocycles. The van der Waals surface area contributed by atoms with Gasteiger partial charge in [0.15, 0.2) is 0 Å². The summed E-state index contributed by atoms with van der Waals surface area (Å²) in [5, 5.41) is 6.38. The molecule has 2 N–H and O–H groups in total. The molecule has 0 unspecified atom stereocenters. The largest absolute Gasteiger partial charge is 0.353 e. The lowest BCUT2D eigenvalue weighted by Gasteiger charge is -2.23. The molecule has 1 fully saturated rings. The van der Waals surface area contributed by atoms with E-state index in [0.717, 1.165) is 32.4 Å². The summed E-state index contributed by atoms with van der Waals surface area (Å²) in [6, 6.07) is 0.413. The predicted octanol–water partition coefficient (Wildman–Crippen LogP) is 1.29. The van der Waals surface area contributed by atoms with Crippen molar-refractivity contribution in [3.8, 4) is 0 Å². The fraction of sp³-hybridized carbons (Fsp3) is 0.909. The van der Waals surface area contributed by atoms with Crippen molar-refractivity contribution in [2.24, 2.45) is 5.92 Å². The van der Waals surface area contributed by atoms with Crippen molar-refractivity contribution in [3.63, 3.8) is 0 Å². The molecule has 1 rings (SSSR count). The Kier molecular flexibility index (Phi) is 4.94. The molecule has 0 spiro atoms. The molecular formula is C11H22N2O. The Hall–Kier alpha value is -0.570. The maximum absolute atomic E-state index is 11.5. The van der Waals surface area contributed by atoms with Gasteiger partial charge in [0.1, 0.15) is 0 Å². The molecule has 0 radical (unpaired) electrons. The first kappa shape index (κ1) is 11.5. The maximum atomic E-state index is 11.5. The molecule has 0 bridgehead atoms. The Labute approximate surface area is 86.6 Å². The van der Waals surface area contributed by atoms with Crippen LogP contribution in [0.4, 0.5) is 0 Å². The average molecular weight is 198 g/mol. The number of nitrogens with one attached hydrogen (secondary N) is 2.